The molecule has 1 rings (SSSR count). The van der Waals surface area contributed by atoms with Gasteiger partial charge in [0.1, 0.15) is 5.69 Å². The van der Waals surface area contributed by atoms with Crippen molar-refractivity contribution in [1.29, 1.82) is 0 Å². The standard InChI is InChI=1S/C20H24FN3O5/c1-4-15(20(26)29-21)8-7-14(3)22-11-6-12-23-17-10-9-16(13-18(17)24-27)19(25)28-5-2/h4,7-10,13,22-23H,1,5-6,11-12H2,2-3H3/b14-7+,15-8+. The third-order valence-electron chi connectivity index (χ3n) is 3.72. The highest BCUT2D eigenvalue weighted by Crippen LogP contribution is 2.26. The highest BCUT2D eigenvalue weighted by Gasteiger charge is 2.11. The molecule has 0 radical (unpaired) electrons. The Morgan fingerprint density at radius 2 is 2.03 bits per heavy atom. The smallest absolute Gasteiger partial charge is 0.379 e. The number of esters is 1. The van der Waals surface area contributed by atoms with E-state index in [9.17, 15) is 19.0 Å². The van der Waals surface area contributed by atoms with E-state index in [4.69, 9.17) is 4.74 Å². The van der Waals surface area contributed by atoms with Crippen LogP contribution < -0.4 is 10.6 Å². The fourth-order valence-corrected chi connectivity index (χ4v) is 2.23. The van der Waals surface area contributed by atoms with Crippen molar-refractivity contribution in [3.8, 4) is 0 Å². The number of allylic oxidation sites excluding steroid dienone is 3. The summed E-state index contributed by atoms with van der Waals surface area (Å²) in [5.41, 5.74) is 1.66. The van der Waals surface area contributed by atoms with Crippen LogP contribution >= 0.6 is 0 Å². The number of nitroso groups, excluding NO2 is 1. The Balaban J connectivity index is 2.52. The molecule has 0 aliphatic heterocycles. The van der Waals surface area contributed by atoms with Gasteiger partial charge in [-0.3, -0.25) is 0 Å². The SMILES string of the molecule is C=C/C(=C\C=C(/C)NCCCNc1ccc(C(=O)OCC)cc1N=O)C(=O)OF. The summed E-state index contributed by atoms with van der Waals surface area (Å²) in [6, 6.07) is 4.55. The first-order chi connectivity index (χ1) is 14.0. The van der Waals surface area contributed by atoms with Crippen LogP contribution in [0.25, 0.3) is 0 Å². The zero-order valence-corrected chi connectivity index (χ0v) is 16.4. The molecular formula is C20H24FN3O5. The molecule has 8 nitrogen and oxygen atoms in total. The minimum Gasteiger partial charge on any atom is -0.462 e. The molecule has 29 heavy (non-hydrogen) atoms. The van der Waals surface area contributed by atoms with E-state index in [0.29, 0.717) is 25.2 Å². The Kier molecular flexibility index (Phi) is 10.4. The highest BCUT2D eigenvalue weighted by molar-refractivity contribution is 5.92. The first-order valence-electron chi connectivity index (χ1n) is 8.93. The lowest BCUT2D eigenvalue weighted by atomic mass is 10.1. The minimum atomic E-state index is -1.11. The van der Waals surface area contributed by atoms with Crippen molar-refractivity contribution in [2.45, 2.75) is 20.3 Å². The van der Waals surface area contributed by atoms with E-state index >= 15 is 0 Å². The summed E-state index contributed by atoms with van der Waals surface area (Å²) >= 11 is 0. The van der Waals surface area contributed by atoms with Gasteiger partial charge in [0, 0.05) is 23.3 Å². The van der Waals surface area contributed by atoms with E-state index in [1.165, 1.54) is 18.2 Å². The van der Waals surface area contributed by atoms with Crippen LogP contribution in [0.4, 0.5) is 15.9 Å². The van der Waals surface area contributed by atoms with Crippen LogP contribution in [0.1, 0.15) is 30.6 Å². The third kappa shape index (κ3) is 7.96. The zero-order chi connectivity index (χ0) is 21.6. The molecule has 0 unspecified atom stereocenters. The number of carbonyl (C=O) groups is 2. The Bertz CT molecular complexity index is 805. The molecule has 0 bridgehead atoms. The third-order valence-corrected chi connectivity index (χ3v) is 3.72. The largest absolute Gasteiger partial charge is 0.462 e. The molecule has 2 N–H and O–H groups in total. The molecule has 0 spiro atoms. The summed E-state index contributed by atoms with van der Waals surface area (Å²) in [4.78, 5) is 37.0. The van der Waals surface area contributed by atoms with Crippen LogP contribution in [0.3, 0.4) is 0 Å². The molecule has 0 saturated heterocycles. The molecule has 9 heteroatoms. The lowest BCUT2D eigenvalue weighted by molar-refractivity contribution is -0.177. The van der Waals surface area contributed by atoms with Gasteiger partial charge < -0.3 is 15.4 Å². The van der Waals surface area contributed by atoms with E-state index in [-0.39, 0.29) is 23.4 Å². The van der Waals surface area contributed by atoms with Crippen LogP contribution in [0.2, 0.25) is 0 Å². The lowest BCUT2D eigenvalue weighted by Gasteiger charge is -2.10. The monoisotopic (exact) mass is 405 g/mol. The minimum absolute atomic E-state index is 0.00419. The number of nitrogens with zero attached hydrogens (tertiary/aromatic N) is 1. The van der Waals surface area contributed by atoms with Gasteiger partial charge in [0.15, 0.2) is 0 Å². The number of nitrogens with one attached hydrogen (secondary N) is 2. The molecule has 0 aliphatic carbocycles. The number of hydrogen-bond acceptors (Lipinski definition) is 8. The van der Waals surface area contributed by atoms with Crippen molar-refractivity contribution >= 4 is 23.3 Å². The lowest BCUT2D eigenvalue weighted by Crippen LogP contribution is -2.16. The summed E-state index contributed by atoms with van der Waals surface area (Å²) in [5, 5.41) is 9.15. The number of benzene rings is 1. The van der Waals surface area contributed by atoms with Crippen LogP contribution in [0.5, 0.6) is 0 Å². The summed E-state index contributed by atoms with van der Waals surface area (Å²) < 4.78 is 16.8. The number of rotatable bonds is 12. The topological polar surface area (TPSA) is 106 Å². The average molecular weight is 405 g/mol. The van der Waals surface area contributed by atoms with E-state index in [1.54, 1.807) is 32.1 Å². The van der Waals surface area contributed by atoms with Gasteiger partial charge in [0.25, 0.3) is 0 Å². The van der Waals surface area contributed by atoms with Crippen molar-refractivity contribution < 1.29 is 23.8 Å². The second-order valence-corrected chi connectivity index (χ2v) is 5.79. The van der Waals surface area contributed by atoms with Crippen molar-refractivity contribution in [3.05, 3.63) is 64.7 Å². The van der Waals surface area contributed by atoms with Crippen molar-refractivity contribution in [3.63, 3.8) is 0 Å². The molecule has 0 atom stereocenters. The fraction of sp³-hybridized carbons (Fsp3) is 0.300. The predicted octanol–water partition coefficient (Wildman–Crippen LogP) is 4.10. The summed E-state index contributed by atoms with van der Waals surface area (Å²) in [7, 11) is 0. The number of anilines is 1. The summed E-state index contributed by atoms with van der Waals surface area (Å²) in [6.07, 6.45) is 4.89. The Morgan fingerprint density at radius 1 is 1.28 bits per heavy atom. The van der Waals surface area contributed by atoms with Crippen molar-refractivity contribution in [2.24, 2.45) is 5.18 Å². The molecule has 0 aromatic heterocycles. The average Bonchev–Trinajstić information content (AvgIpc) is 2.73. The fourth-order valence-electron chi connectivity index (χ4n) is 2.23. The second-order valence-electron chi connectivity index (χ2n) is 5.79. The highest BCUT2D eigenvalue weighted by atomic mass is 19.3. The van der Waals surface area contributed by atoms with E-state index in [0.717, 1.165) is 5.70 Å². The zero-order valence-electron chi connectivity index (χ0n) is 16.4. The maximum atomic E-state index is 11.9. The first kappa shape index (κ1) is 23.5. The van der Waals surface area contributed by atoms with Gasteiger partial charge in [-0.05, 0) is 55.8 Å². The van der Waals surface area contributed by atoms with Gasteiger partial charge in [-0.25, -0.2) is 14.5 Å². The molecule has 0 amide bonds. The van der Waals surface area contributed by atoms with Crippen LogP contribution in [0.15, 0.2) is 59.5 Å². The van der Waals surface area contributed by atoms with E-state index in [1.807, 2.05) is 0 Å². The Labute approximate surface area is 168 Å². The Morgan fingerprint density at radius 3 is 2.66 bits per heavy atom. The summed E-state index contributed by atoms with van der Waals surface area (Å²) in [5.74, 6) is -1.62. The Hall–Kier alpha value is -3.49. The molecule has 1 aromatic rings. The van der Waals surface area contributed by atoms with Gasteiger partial charge in [-0.15, -0.1) is 4.91 Å². The van der Waals surface area contributed by atoms with Crippen LogP contribution in [0, 0.1) is 4.91 Å². The van der Waals surface area contributed by atoms with Gasteiger partial charge in [0.05, 0.1) is 23.4 Å². The summed E-state index contributed by atoms with van der Waals surface area (Å²) in [6.45, 7) is 8.29. The number of halogens is 1. The number of ether oxygens (including phenoxy) is 1. The molecule has 0 heterocycles. The quantitative estimate of drug-likeness (QED) is 0.177. The molecule has 156 valence electrons. The molecule has 0 fully saturated rings. The van der Waals surface area contributed by atoms with Crippen LogP contribution in [-0.4, -0.2) is 31.6 Å². The number of carbonyl (C=O) groups excluding carboxylic acids is 2. The molecular weight excluding hydrogens is 381 g/mol. The maximum Gasteiger partial charge on any atom is 0.379 e. The maximum absolute atomic E-state index is 11.9. The first-order valence-corrected chi connectivity index (χ1v) is 8.93. The molecule has 0 saturated carbocycles. The van der Waals surface area contributed by atoms with Crippen molar-refractivity contribution in [1.82, 2.24) is 5.32 Å². The van der Waals surface area contributed by atoms with Gasteiger partial charge in [0.2, 0.25) is 0 Å². The van der Waals surface area contributed by atoms with Gasteiger partial charge in [-0.2, -0.15) is 0 Å². The van der Waals surface area contributed by atoms with E-state index < -0.39 is 11.9 Å². The molecule has 1 aromatic carbocycles. The normalized spacial score (nSPS) is 11.4. The predicted molar refractivity (Wildman–Crippen MR) is 108 cm³/mol. The van der Waals surface area contributed by atoms with E-state index in [2.05, 4.69) is 27.3 Å². The van der Waals surface area contributed by atoms with Gasteiger partial charge >= 0.3 is 11.9 Å². The second kappa shape index (κ2) is 12.8. The molecule has 0 aliphatic rings. The van der Waals surface area contributed by atoms with Crippen LogP contribution in [-0.2, 0) is 14.5 Å². The van der Waals surface area contributed by atoms with Gasteiger partial charge in [-0.1, -0.05) is 12.7 Å². The number of hydrogen-bond donors (Lipinski definition) is 2. The van der Waals surface area contributed by atoms with Crippen molar-refractivity contribution in [2.75, 3.05) is 25.0 Å².